The summed E-state index contributed by atoms with van der Waals surface area (Å²) in [7, 11) is -3.76. The summed E-state index contributed by atoms with van der Waals surface area (Å²) in [6.07, 6.45) is 0.198. The Morgan fingerprint density at radius 1 is 1.42 bits per heavy atom. The Morgan fingerprint density at radius 2 is 2.16 bits per heavy atom. The van der Waals surface area contributed by atoms with Crippen LogP contribution in [0, 0.1) is 29.0 Å². The second-order valence-corrected chi connectivity index (χ2v) is 5.21. The molecule has 1 aromatic rings. The Hall–Kier alpha value is -2.09. The molecule has 5 nitrogen and oxygen atoms in total. The van der Waals surface area contributed by atoms with Crippen LogP contribution in [0.1, 0.15) is 12.0 Å². The minimum atomic E-state index is -3.76. The topological polar surface area (TPSA) is 90.2 Å². The third-order valence-corrected chi connectivity index (χ3v) is 3.01. The van der Waals surface area contributed by atoms with Crippen LogP contribution in [0.5, 0.6) is 0 Å². The molecule has 0 aliphatic rings. The lowest BCUT2D eigenvalue weighted by Gasteiger charge is -2.05. The van der Waals surface area contributed by atoms with Crippen LogP contribution >= 0.6 is 0 Å². The van der Waals surface area contributed by atoms with Gasteiger partial charge < -0.3 is 5.11 Å². The monoisotopic (exact) mass is 282 g/mol. The lowest BCUT2D eigenvalue weighted by molar-refractivity contribution is 0.305. The molecule has 0 unspecified atom stereocenters. The summed E-state index contributed by atoms with van der Waals surface area (Å²) in [5.41, 5.74) is 0.149. The van der Waals surface area contributed by atoms with Gasteiger partial charge in [-0.25, -0.2) is 12.8 Å². The molecular formula is C12H11FN2O3S. The molecule has 19 heavy (non-hydrogen) atoms. The van der Waals surface area contributed by atoms with Crippen LogP contribution in [0.4, 0.5) is 10.1 Å². The maximum absolute atomic E-state index is 13.4. The molecule has 0 fully saturated rings. The van der Waals surface area contributed by atoms with Crippen LogP contribution in [0.15, 0.2) is 18.2 Å². The van der Waals surface area contributed by atoms with Crippen LogP contribution in [0.2, 0.25) is 0 Å². The van der Waals surface area contributed by atoms with Crippen molar-refractivity contribution < 1.29 is 17.9 Å². The summed E-state index contributed by atoms with van der Waals surface area (Å²) < 4.78 is 38.2. The lowest BCUT2D eigenvalue weighted by atomic mass is 10.2. The number of hydrogen-bond donors (Lipinski definition) is 2. The maximum atomic E-state index is 13.4. The number of sulfonamides is 1. The van der Waals surface area contributed by atoms with Gasteiger partial charge in [0.05, 0.1) is 18.2 Å². The second kappa shape index (κ2) is 6.74. The number of halogens is 1. The zero-order valence-electron chi connectivity index (χ0n) is 9.85. The van der Waals surface area contributed by atoms with E-state index in [0.717, 1.165) is 6.07 Å². The fourth-order valence-corrected chi connectivity index (χ4v) is 1.93. The number of rotatable bonds is 4. The summed E-state index contributed by atoms with van der Waals surface area (Å²) >= 11 is 0. The molecule has 100 valence electrons. The van der Waals surface area contributed by atoms with E-state index in [4.69, 9.17) is 10.4 Å². The van der Waals surface area contributed by atoms with Gasteiger partial charge in [-0.05, 0) is 18.2 Å². The summed E-state index contributed by atoms with van der Waals surface area (Å²) in [6.45, 7) is -0.136. The molecule has 0 aliphatic heterocycles. The summed E-state index contributed by atoms with van der Waals surface area (Å²) in [6, 6.07) is 5.06. The van der Waals surface area contributed by atoms with E-state index in [9.17, 15) is 12.8 Å². The van der Waals surface area contributed by atoms with E-state index in [0.29, 0.717) is 0 Å². The summed E-state index contributed by atoms with van der Waals surface area (Å²) in [5.74, 6) is 3.75. The number of anilines is 1. The molecule has 0 amide bonds. The van der Waals surface area contributed by atoms with Crippen molar-refractivity contribution in [2.75, 3.05) is 17.1 Å². The molecule has 0 spiro atoms. The van der Waals surface area contributed by atoms with Gasteiger partial charge in [-0.2, -0.15) is 5.26 Å². The van der Waals surface area contributed by atoms with Crippen molar-refractivity contribution in [2.45, 2.75) is 6.42 Å². The number of hydrogen-bond acceptors (Lipinski definition) is 4. The number of nitriles is 1. The van der Waals surface area contributed by atoms with Crippen molar-refractivity contribution in [2.24, 2.45) is 0 Å². The molecule has 1 rings (SSSR count). The van der Waals surface area contributed by atoms with Gasteiger partial charge in [0.15, 0.2) is 5.75 Å². The highest BCUT2D eigenvalue weighted by molar-refractivity contribution is 7.92. The van der Waals surface area contributed by atoms with Gasteiger partial charge in [0, 0.05) is 12.1 Å². The maximum Gasteiger partial charge on any atom is 0.246 e. The van der Waals surface area contributed by atoms with Crippen molar-refractivity contribution in [3.05, 3.63) is 29.6 Å². The number of nitrogens with one attached hydrogen (secondary N) is 1. The zero-order valence-corrected chi connectivity index (χ0v) is 10.7. The minimum absolute atomic E-state index is 0.0191. The molecule has 0 bridgehead atoms. The highest BCUT2D eigenvalue weighted by atomic mass is 32.2. The second-order valence-electron chi connectivity index (χ2n) is 3.49. The van der Waals surface area contributed by atoms with Crippen LogP contribution in [0.25, 0.3) is 0 Å². The van der Waals surface area contributed by atoms with E-state index in [1.165, 1.54) is 18.2 Å². The van der Waals surface area contributed by atoms with Crippen molar-refractivity contribution in [3.8, 4) is 17.9 Å². The lowest BCUT2D eigenvalue weighted by Crippen LogP contribution is -2.15. The average Bonchev–Trinajstić information content (AvgIpc) is 2.33. The normalized spacial score (nSPS) is 10.2. The van der Waals surface area contributed by atoms with E-state index in [1.54, 1.807) is 0 Å². The van der Waals surface area contributed by atoms with E-state index < -0.39 is 21.6 Å². The number of nitrogens with zero attached hydrogens (tertiary/aromatic N) is 1. The molecule has 0 radical (unpaired) electrons. The van der Waals surface area contributed by atoms with E-state index >= 15 is 0 Å². The Labute approximate surface area is 110 Å². The van der Waals surface area contributed by atoms with Gasteiger partial charge in [-0.3, -0.25) is 4.72 Å². The molecule has 0 saturated carbocycles. The van der Waals surface area contributed by atoms with Crippen LogP contribution in [-0.4, -0.2) is 25.9 Å². The first-order valence-corrected chi connectivity index (χ1v) is 6.90. The molecule has 0 saturated heterocycles. The highest BCUT2D eigenvalue weighted by Crippen LogP contribution is 2.15. The fraction of sp³-hybridized carbons (Fsp3) is 0.250. The Bertz CT molecular complexity index is 654. The third-order valence-electron chi connectivity index (χ3n) is 1.95. The average molecular weight is 282 g/mol. The van der Waals surface area contributed by atoms with Gasteiger partial charge in [-0.15, -0.1) is 0 Å². The predicted molar refractivity (Wildman–Crippen MR) is 68.0 cm³/mol. The largest absolute Gasteiger partial charge is 0.395 e. The molecule has 1 aromatic carbocycles. The van der Waals surface area contributed by atoms with Gasteiger partial charge >= 0.3 is 0 Å². The molecule has 0 heterocycles. The third kappa shape index (κ3) is 4.96. The van der Waals surface area contributed by atoms with E-state index in [2.05, 4.69) is 16.6 Å². The smallest absolute Gasteiger partial charge is 0.246 e. The Morgan fingerprint density at radius 3 is 2.79 bits per heavy atom. The summed E-state index contributed by atoms with van der Waals surface area (Å²) in [4.78, 5) is 0. The molecule has 0 aromatic heterocycles. The van der Waals surface area contributed by atoms with Gasteiger partial charge in [0.1, 0.15) is 5.82 Å². The molecule has 0 atom stereocenters. The first-order valence-electron chi connectivity index (χ1n) is 5.25. The zero-order chi connectivity index (χ0) is 14.3. The van der Waals surface area contributed by atoms with Crippen molar-refractivity contribution in [1.29, 1.82) is 5.26 Å². The molecular weight excluding hydrogens is 271 g/mol. The number of aliphatic hydroxyl groups is 1. The van der Waals surface area contributed by atoms with Gasteiger partial charge in [-0.1, -0.05) is 11.8 Å². The SMILES string of the molecule is N#CCS(=O)(=O)Nc1ccc(F)c(C#CCCO)c1. The predicted octanol–water partition coefficient (Wildman–Crippen LogP) is 0.825. The van der Waals surface area contributed by atoms with E-state index in [-0.39, 0.29) is 24.3 Å². The first-order chi connectivity index (χ1) is 8.98. The fourth-order valence-electron chi connectivity index (χ4n) is 1.20. The van der Waals surface area contributed by atoms with Crippen molar-refractivity contribution >= 4 is 15.7 Å². The van der Waals surface area contributed by atoms with Crippen molar-refractivity contribution in [3.63, 3.8) is 0 Å². The quantitative estimate of drug-likeness (QED) is 0.800. The first kappa shape index (κ1) is 15.0. The highest BCUT2D eigenvalue weighted by Gasteiger charge is 2.10. The Balaban J connectivity index is 2.98. The summed E-state index contributed by atoms with van der Waals surface area (Å²) in [5, 5.41) is 16.9. The van der Waals surface area contributed by atoms with Gasteiger partial charge in [0.2, 0.25) is 10.0 Å². The molecule has 2 N–H and O–H groups in total. The van der Waals surface area contributed by atoms with Crippen LogP contribution in [0.3, 0.4) is 0 Å². The molecule has 7 heteroatoms. The van der Waals surface area contributed by atoms with Crippen molar-refractivity contribution in [1.82, 2.24) is 0 Å². The van der Waals surface area contributed by atoms with Gasteiger partial charge in [0.25, 0.3) is 0 Å². The van der Waals surface area contributed by atoms with E-state index in [1.807, 2.05) is 0 Å². The van der Waals surface area contributed by atoms with Crippen LogP contribution < -0.4 is 4.72 Å². The number of benzene rings is 1. The minimum Gasteiger partial charge on any atom is -0.395 e. The molecule has 0 aliphatic carbocycles. The Kier molecular flexibility index (Phi) is 5.31. The number of aliphatic hydroxyl groups excluding tert-OH is 1. The standard InChI is InChI=1S/C12H11FN2O3S/c13-12-5-4-11(15-19(17,18)8-6-14)9-10(12)3-1-2-7-16/h4-5,9,15-16H,2,7-8H2. The van der Waals surface area contributed by atoms with Crippen LogP contribution in [-0.2, 0) is 10.0 Å².